The van der Waals surface area contributed by atoms with Gasteiger partial charge in [-0.25, -0.2) is 4.98 Å². The number of ether oxygens (including phenoxy) is 1. The van der Waals surface area contributed by atoms with Crippen molar-refractivity contribution in [3.63, 3.8) is 0 Å². The van der Waals surface area contributed by atoms with Crippen LogP contribution >= 0.6 is 0 Å². The smallest absolute Gasteiger partial charge is 0.229 e. The Morgan fingerprint density at radius 3 is 2.44 bits per heavy atom. The predicted octanol–water partition coefficient (Wildman–Crippen LogP) is 4.42. The fraction of sp³-hybridized carbons (Fsp3) is 0.440. The molecule has 7 nitrogen and oxygen atoms in total. The Bertz CT molecular complexity index is 945. The lowest BCUT2D eigenvalue weighted by Gasteiger charge is -2.34. The zero-order valence-electron chi connectivity index (χ0n) is 20.2. The van der Waals surface area contributed by atoms with Crippen molar-refractivity contribution in [1.82, 2.24) is 14.9 Å². The van der Waals surface area contributed by atoms with Crippen LogP contribution in [0, 0.1) is 0 Å². The third kappa shape index (κ3) is 6.01. The molecule has 172 valence electrons. The largest absolute Gasteiger partial charge is 0.501 e. The lowest BCUT2D eigenvalue weighted by molar-refractivity contribution is 0.293. The number of allylic oxidation sites excluding steroid dienone is 4. The van der Waals surface area contributed by atoms with E-state index in [1.807, 2.05) is 32.3 Å². The van der Waals surface area contributed by atoms with E-state index < -0.39 is 0 Å². The first kappa shape index (κ1) is 23.6. The Labute approximate surface area is 192 Å². The quantitative estimate of drug-likeness (QED) is 0.485. The molecule has 1 aromatic heterocycles. The molecular weight excluding hydrogens is 400 g/mol. The van der Waals surface area contributed by atoms with E-state index in [4.69, 9.17) is 9.72 Å². The van der Waals surface area contributed by atoms with Gasteiger partial charge in [0.15, 0.2) is 0 Å². The molecule has 3 rings (SSSR count). The number of anilines is 4. The molecule has 0 spiro atoms. The van der Waals surface area contributed by atoms with E-state index in [0.29, 0.717) is 5.95 Å². The molecular formula is C25H36N6O. The van der Waals surface area contributed by atoms with Crippen LogP contribution in [0.5, 0.6) is 0 Å². The standard InChI is InChI=1S/C25H36N6O/c1-7-21-18-26-25(28-24(21)30(5)19(2)8-9-20(3)32-6)27-22-10-12-23(13-11-22)31-16-14-29(4)15-17-31/h8-13,18H,7,14-17H2,1-6H3,(H,26,27,28)/b19-8+,20-9+. The SMILES string of the molecule is CCc1cnc(Nc2ccc(N3CCN(C)CC3)cc2)nc1N(C)/C(C)=C/C=C(\C)OC. The fourth-order valence-corrected chi connectivity index (χ4v) is 3.53. The number of hydrogen-bond donors (Lipinski definition) is 1. The third-order valence-electron chi connectivity index (χ3n) is 5.94. The molecule has 1 saturated heterocycles. The van der Waals surface area contributed by atoms with Crippen molar-refractivity contribution in [3.8, 4) is 0 Å². The molecule has 2 heterocycles. The highest BCUT2D eigenvalue weighted by atomic mass is 16.5. The van der Waals surface area contributed by atoms with Gasteiger partial charge in [-0.1, -0.05) is 6.92 Å². The van der Waals surface area contributed by atoms with Gasteiger partial charge in [0.2, 0.25) is 5.95 Å². The van der Waals surface area contributed by atoms with E-state index in [-0.39, 0.29) is 0 Å². The van der Waals surface area contributed by atoms with E-state index in [2.05, 4.69) is 70.2 Å². The van der Waals surface area contributed by atoms with Crippen LogP contribution in [0.3, 0.4) is 0 Å². The monoisotopic (exact) mass is 436 g/mol. The van der Waals surface area contributed by atoms with Crippen LogP contribution in [-0.4, -0.2) is 62.3 Å². The molecule has 0 unspecified atom stereocenters. The maximum atomic E-state index is 5.23. The van der Waals surface area contributed by atoms with Crippen molar-refractivity contribution in [1.29, 1.82) is 0 Å². The summed E-state index contributed by atoms with van der Waals surface area (Å²) in [5.74, 6) is 2.35. The molecule has 2 aromatic rings. The van der Waals surface area contributed by atoms with Gasteiger partial charge in [0.1, 0.15) is 5.82 Å². The lowest BCUT2D eigenvalue weighted by atomic mass is 10.2. The summed E-state index contributed by atoms with van der Waals surface area (Å²) in [5, 5.41) is 3.36. The van der Waals surface area contributed by atoms with E-state index >= 15 is 0 Å². The summed E-state index contributed by atoms with van der Waals surface area (Å²) in [7, 11) is 5.88. The molecule has 1 aliphatic rings. The van der Waals surface area contributed by atoms with Crippen LogP contribution < -0.4 is 15.1 Å². The Balaban J connectivity index is 1.75. The lowest BCUT2D eigenvalue weighted by Crippen LogP contribution is -2.44. The van der Waals surface area contributed by atoms with Crippen LogP contribution in [0.25, 0.3) is 0 Å². The Kier molecular flexibility index (Phi) is 8.11. The van der Waals surface area contributed by atoms with Gasteiger partial charge in [-0.3, -0.25) is 0 Å². The summed E-state index contributed by atoms with van der Waals surface area (Å²) in [6.07, 6.45) is 6.76. The summed E-state index contributed by atoms with van der Waals surface area (Å²) in [5.41, 5.74) is 4.40. The zero-order valence-corrected chi connectivity index (χ0v) is 20.2. The second kappa shape index (κ2) is 11.0. The highest BCUT2D eigenvalue weighted by Crippen LogP contribution is 2.25. The molecule has 0 saturated carbocycles. The first-order valence-corrected chi connectivity index (χ1v) is 11.2. The molecule has 0 radical (unpaired) electrons. The first-order valence-electron chi connectivity index (χ1n) is 11.2. The molecule has 7 heteroatoms. The van der Waals surface area contributed by atoms with E-state index in [9.17, 15) is 0 Å². The number of likely N-dealkylation sites (N-methyl/N-ethyl adjacent to an activating group) is 1. The minimum absolute atomic E-state index is 0.591. The van der Waals surface area contributed by atoms with Gasteiger partial charge in [0.25, 0.3) is 0 Å². The minimum Gasteiger partial charge on any atom is -0.501 e. The van der Waals surface area contributed by atoms with E-state index in [0.717, 1.165) is 61.1 Å². The van der Waals surface area contributed by atoms with Gasteiger partial charge in [-0.05, 0) is 63.7 Å². The molecule has 0 aliphatic carbocycles. The third-order valence-corrected chi connectivity index (χ3v) is 5.94. The Morgan fingerprint density at radius 2 is 1.81 bits per heavy atom. The second-order valence-electron chi connectivity index (χ2n) is 8.21. The number of aryl methyl sites for hydroxylation is 1. The van der Waals surface area contributed by atoms with Crippen LogP contribution in [0.15, 0.2) is 54.1 Å². The van der Waals surface area contributed by atoms with Crippen molar-refractivity contribution in [3.05, 3.63) is 59.6 Å². The molecule has 0 atom stereocenters. The van der Waals surface area contributed by atoms with Gasteiger partial charge in [0, 0.05) is 62.1 Å². The average Bonchev–Trinajstić information content (AvgIpc) is 2.82. The number of hydrogen-bond acceptors (Lipinski definition) is 7. The molecule has 32 heavy (non-hydrogen) atoms. The maximum absolute atomic E-state index is 5.23. The van der Waals surface area contributed by atoms with Crippen LogP contribution in [0.1, 0.15) is 26.3 Å². The van der Waals surface area contributed by atoms with Crippen molar-refractivity contribution >= 4 is 23.1 Å². The minimum atomic E-state index is 0.591. The first-order chi connectivity index (χ1) is 15.4. The number of piperazine rings is 1. The number of nitrogens with one attached hydrogen (secondary N) is 1. The molecule has 1 fully saturated rings. The normalized spacial score (nSPS) is 15.6. The van der Waals surface area contributed by atoms with E-state index in [1.165, 1.54) is 5.69 Å². The Hall–Kier alpha value is -3.06. The summed E-state index contributed by atoms with van der Waals surface area (Å²) in [6.45, 7) is 10.4. The number of nitrogens with zero attached hydrogens (tertiary/aromatic N) is 5. The number of aromatic nitrogens is 2. The molecule has 1 aromatic carbocycles. The molecule has 1 aliphatic heterocycles. The topological polar surface area (TPSA) is 56.8 Å². The second-order valence-corrected chi connectivity index (χ2v) is 8.21. The average molecular weight is 437 g/mol. The predicted molar refractivity (Wildman–Crippen MR) is 134 cm³/mol. The van der Waals surface area contributed by atoms with Gasteiger partial charge >= 0.3 is 0 Å². The summed E-state index contributed by atoms with van der Waals surface area (Å²) in [6, 6.07) is 8.52. The van der Waals surface area contributed by atoms with Crippen LogP contribution in [0.4, 0.5) is 23.1 Å². The van der Waals surface area contributed by atoms with Crippen molar-refractivity contribution in [2.45, 2.75) is 27.2 Å². The van der Waals surface area contributed by atoms with Gasteiger partial charge in [-0.15, -0.1) is 0 Å². The van der Waals surface area contributed by atoms with Crippen molar-refractivity contribution < 1.29 is 4.74 Å². The van der Waals surface area contributed by atoms with Crippen LogP contribution in [0.2, 0.25) is 0 Å². The molecule has 0 amide bonds. The maximum Gasteiger partial charge on any atom is 0.229 e. The van der Waals surface area contributed by atoms with Crippen molar-refractivity contribution in [2.75, 3.05) is 62.5 Å². The highest BCUT2D eigenvalue weighted by molar-refractivity contribution is 5.61. The zero-order chi connectivity index (χ0) is 23.1. The van der Waals surface area contributed by atoms with Crippen LogP contribution in [-0.2, 0) is 11.2 Å². The van der Waals surface area contributed by atoms with Gasteiger partial charge in [0.05, 0.1) is 12.9 Å². The van der Waals surface area contributed by atoms with Gasteiger partial charge < -0.3 is 24.8 Å². The molecule has 1 N–H and O–H groups in total. The molecule has 0 bridgehead atoms. The Morgan fingerprint density at radius 1 is 1.12 bits per heavy atom. The van der Waals surface area contributed by atoms with E-state index in [1.54, 1.807) is 7.11 Å². The summed E-state index contributed by atoms with van der Waals surface area (Å²) in [4.78, 5) is 16.2. The number of benzene rings is 1. The summed E-state index contributed by atoms with van der Waals surface area (Å²) < 4.78 is 5.23. The highest BCUT2D eigenvalue weighted by Gasteiger charge is 2.15. The summed E-state index contributed by atoms with van der Waals surface area (Å²) >= 11 is 0. The fourth-order valence-electron chi connectivity index (χ4n) is 3.53. The number of methoxy groups -OCH3 is 1. The van der Waals surface area contributed by atoms with Gasteiger partial charge in [-0.2, -0.15) is 4.98 Å². The van der Waals surface area contributed by atoms with Crippen molar-refractivity contribution in [2.24, 2.45) is 0 Å². The number of rotatable bonds is 8.